The number of halogens is 2. The van der Waals surface area contributed by atoms with Crippen molar-refractivity contribution in [3.05, 3.63) is 33.3 Å². The molecule has 0 saturated carbocycles. The van der Waals surface area contributed by atoms with Crippen molar-refractivity contribution in [3.8, 4) is 0 Å². The summed E-state index contributed by atoms with van der Waals surface area (Å²) in [5.41, 5.74) is 1.05. The Morgan fingerprint density at radius 3 is 2.86 bits per heavy atom. The molecule has 2 nitrogen and oxygen atoms in total. The average molecular weight is 278 g/mol. The number of carbonyl (C=O) groups is 1. The zero-order valence-electron chi connectivity index (χ0n) is 7.46. The Labute approximate surface area is 96.0 Å². The highest BCUT2D eigenvalue weighted by Gasteiger charge is 2.02. The molecular weight excluding hydrogens is 267 g/mol. The molecular formula is C10H10BrClO2. The Morgan fingerprint density at radius 1 is 1.50 bits per heavy atom. The highest BCUT2D eigenvalue weighted by atomic mass is 79.9. The Balaban J connectivity index is 2.57. The number of carboxylic acids is 1. The number of carboxylic acid groups (broad SMARTS) is 1. The lowest BCUT2D eigenvalue weighted by Crippen LogP contribution is -1.96. The van der Waals surface area contributed by atoms with Crippen LogP contribution in [0.1, 0.15) is 18.4 Å². The van der Waals surface area contributed by atoms with Crippen molar-refractivity contribution in [1.29, 1.82) is 0 Å². The fourth-order valence-electron chi connectivity index (χ4n) is 1.16. The molecule has 0 fully saturated rings. The number of rotatable bonds is 4. The molecule has 0 aliphatic rings. The van der Waals surface area contributed by atoms with Gasteiger partial charge in [-0.05, 0) is 36.6 Å². The van der Waals surface area contributed by atoms with Crippen LogP contribution >= 0.6 is 27.5 Å². The normalized spacial score (nSPS) is 10.1. The molecule has 0 amide bonds. The molecule has 0 aliphatic heterocycles. The summed E-state index contributed by atoms with van der Waals surface area (Å²) < 4.78 is 0.979. The molecule has 4 heteroatoms. The van der Waals surface area contributed by atoms with Crippen LogP contribution in [-0.2, 0) is 11.2 Å². The fourth-order valence-corrected chi connectivity index (χ4v) is 1.80. The van der Waals surface area contributed by atoms with Crippen molar-refractivity contribution in [2.45, 2.75) is 19.3 Å². The molecule has 0 heterocycles. The second kappa shape index (κ2) is 5.37. The van der Waals surface area contributed by atoms with Gasteiger partial charge < -0.3 is 5.11 Å². The van der Waals surface area contributed by atoms with E-state index in [1.165, 1.54) is 0 Å². The molecule has 0 saturated heterocycles. The topological polar surface area (TPSA) is 37.3 Å². The van der Waals surface area contributed by atoms with Gasteiger partial charge in [0.1, 0.15) is 0 Å². The van der Waals surface area contributed by atoms with Crippen molar-refractivity contribution in [3.63, 3.8) is 0 Å². The maximum Gasteiger partial charge on any atom is 0.303 e. The van der Waals surface area contributed by atoms with Crippen LogP contribution in [-0.4, -0.2) is 11.1 Å². The van der Waals surface area contributed by atoms with Gasteiger partial charge in [-0.2, -0.15) is 0 Å². The van der Waals surface area contributed by atoms with Gasteiger partial charge in [-0.25, -0.2) is 0 Å². The summed E-state index contributed by atoms with van der Waals surface area (Å²) in [4.78, 5) is 10.3. The van der Waals surface area contributed by atoms with Gasteiger partial charge in [0.2, 0.25) is 0 Å². The monoisotopic (exact) mass is 276 g/mol. The lowest BCUT2D eigenvalue weighted by Gasteiger charge is -2.03. The van der Waals surface area contributed by atoms with E-state index in [1.54, 1.807) is 6.07 Å². The van der Waals surface area contributed by atoms with Gasteiger partial charge >= 0.3 is 5.97 Å². The number of hydrogen-bond donors (Lipinski definition) is 1. The van der Waals surface area contributed by atoms with Crippen molar-refractivity contribution >= 4 is 33.5 Å². The van der Waals surface area contributed by atoms with E-state index in [-0.39, 0.29) is 6.42 Å². The lowest BCUT2D eigenvalue weighted by atomic mass is 10.1. The number of aryl methyl sites for hydroxylation is 1. The molecule has 14 heavy (non-hydrogen) atoms. The van der Waals surface area contributed by atoms with Crippen LogP contribution < -0.4 is 0 Å². The summed E-state index contributed by atoms with van der Waals surface area (Å²) in [6.45, 7) is 0. The summed E-state index contributed by atoms with van der Waals surface area (Å²) >= 11 is 9.21. The van der Waals surface area contributed by atoms with Gasteiger partial charge in [0, 0.05) is 15.9 Å². The number of aliphatic carboxylic acids is 1. The molecule has 1 aromatic carbocycles. The van der Waals surface area contributed by atoms with E-state index >= 15 is 0 Å². The first-order chi connectivity index (χ1) is 6.59. The smallest absolute Gasteiger partial charge is 0.303 e. The van der Waals surface area contributed by atoms with Gasteiger partial charge in [-0.1, -0.05) is 27.5 Å². The molecule has 1 rings (SSSR count). The second-order valence-electron chi connectivity index (χ2n) is 2.98. The van der Waals surface area contributed by atoms with Crippen LogP contribution in [0.3, 0.4) is 0 Å². The highest BCUT2D eigenvalue weighted by molar-refractivity contribution is 9.10. The van der Waals surface area contributed by atoms with Gasteiger partial charge in [-0.15, -0.1) is 0 Å². The third kappa shape index (κ3) is 3.68. The molecule has 1 N–H and O–H groups in total. The molecule has 0 radical (unpaired) electrons. The summed E-state index contributed by atoms with van der Waals surface area (Å²) in [5.74, 6) is -0.761. The molecule has 1 aromatic rings. The first-order valence-electron chi connectivity index (χ1n) is 4.25. The maximum absolute atomic E-state index is 10.3. The zero-order chi connectivity index (χ0) is 10.6. The highest BCUT2D eigenvalue weighted by Crippen LogP contribution is 2.22. The molecule has 0 unspecified atom stereocenters. The summed E-state index contributed by atoms with van der Waals surface area (Å²) in [7, 11) is 0. The third-order valence-corrected chi connectivity index (χ3v) is 2.85. The van der Waals surface area contributed by atoms with Crippen LogP contribution in [0.2, 0.25) is 5.02 Å². The van der Waals surface area contributed by atoms with Crippen LogP contribution in [0.15, 0.2) is 22.7 Å². The number of benzene rings is 1. The summed E-state index contributed by atoms with van der Waals surface area (Å²) in [6.07, 6.45) is 1.56. The van der Waals surface area contributed by atoms with E-state index in [0.717, 1.165) is 16.5 Å². The summed E-state index contributed by atoms with van der Waals surface area (Å²) in [5, 5.41) is 9.16. The quantitative estimate of drug-likeness (QED) is 0.914. The van der Waals surface area contributed by atoms with Gasteiger partial charge in [0.25, 0.3) is 0 Å². The van der Waals surface area contributed by atoms with Gasteiger partial charge in [0.05, 0.1) is 0 Å². The first kappa shape index (κ1) is 11.5. The van der Waals surface area contributed by atoms with Gasteiger partial charge in [0.15, 0.2) is 0 Å². The Bertz CT molecular complexity index is 339. The minimum Gasteiger partial charge on any atom is -0.481 e. The Kier molecular flexibility index (Phi) is 4.42. The van der Waals surface area contributed by atoms with Crippen molar-refractivity contribution in [2.24, 2.45) is 0 Å². The third-order valence-electron chi connectivity index (χ3n) is 1.84. The minimum atomic E-state index is -0.761. The van der Waals surface area contributed by atoms with Gasteiger partial charge in [-0.3, -0.25) is 4.79 Å². The van der Waals surface area contributed by atoms with Crippen molar-refractivity contribution < 1.29 is 9.90 Å². The van der Waals surface area contributed by atoms with Crippen molar-refractivity contribution in [2.75, 3.05) is 0 Å². The average Bonchev–Trinajstić information content (AvgIpc) is 2.10. The zero-order valence-corrected chi connectivity index (χ0v) is 9.81. The Hall–Kier alpha value is -0.540. The predicted octanol–water partition coefficient (Wildman–Crippen LogP) is 3.51. The lowest BCUT2D eigenvalue weighted by molar-refractivity contribution is -0.137. The minimum absolute atomic E-state index is 0.193. The number of hydrogen-bond acceptors (Lipinski definition) is 1. The molecule has 0 spiro atoms. The Morgan fingerprint density at radius 2 is 2.21 bits per heavy atom. The maximum atomic E-state index is 10.3. The molecule has 76 valence electrons. The molecule has 0 aliphatic carbocycles. The van der Waals surface area contributed by atoms with Crippen LogP contribution in [0, 0.1) is 0 Å². The fraction of sp³-hybridized carbons (Fsp3) is 0.300. The SMILES string of the molecule is O=C(O)CCCc1cc(Cl)ccc1Br. The van der Waals surface area contributed by atoms with E-state index in [1.807, 2.05) is 12.1 Å². The molecule has 0 bridgehead atoms. The molecule has 0 atom stereocenters. The van der Waals surface area contributed by atoms with E-state index in [9.17, 15) is 4.79 Å². The predicted molar refractivity (Wildman–Crippen MR) is 59.7 cm³/mol. The summed E-state index contributed by atoms with van der Waals surface area (Å²) in [6, 6.07) is 5.53. The second-order valence-corrected chi connectivity index (χ2v) is 4.27. The van der Waals surface area contributed by atoms with E-state index in [0.29, 0.717) is 11.4 Å². The first-order valence-corrected chi connectivity index (χ1v) is 5.42. The van der Waals surface area contributed by atoms with E-state index in [4.69, 9.17) is 16.7 Å². The standard InChI is InChI=1S/C10H10BrClO2/c11-9-5-4-8(12)6-7(9)2-1-3-10(13)14/h4-6H,1-3H2,(H,13,14). The van der Waals surface area contributed by atoms with E-state index in [2.05, 4.69) is 15.9 Å². The molecule has 0 aromatic heterocycles. The van der Waals surface area contributed by atoms with Crippen LogP contribution in [0.25, 0.3) is 0 Å². The van der Waals surface area contributed by atoms with E-state index < -0.39 is 5.97 Å². The largest absolute Gasteiger partial charge is 0.481 e. The van der Waals surface area contributed by atoms with Crippen molar-refractivity contribution in [1.82, 2.24) is 0 Å². The van der Waals surface area contributed by atoms with Crippen LogP contribution in [0.4, 0.5) is 0 Å². The van der Waals surface area contributed by atoms with Crippen LogP contribution in [0.5, 0.6) is 0 Å².